The van der Waals surface area contributed by atoms with E-state index in [0.717, 1.165) is 16.7 Å². The predicted octanol–water partition coefficient (Wildman–Crippen LogP) is 2.61. The van der Waals surface area contributed by atoms with Crippen molar-refractivity contribution in [1.29, 1.82) is 0 Å². The molecule has 1 aliphatic rings. The van der Waals surface area contributed by atoms with E-state index in [1.807, 2.05) is 18.5 Å². The summed E-state index contributed by atoms with van der Waals surface area (Å²) in [5.74, 6) is 2.08. The van der Waals surface area contributed by atoms with E-state index in [2.05, 4.69) is 25.3 Å². The Morgan fingerprint density at radius 3 is 2.72 bits per heavy atom. The highest BCUT2D eigenvalue weighted by atomic mass is 32.2. The fourth-order valence-electron chi connectivity index (χ4n) is 1.63. The Morgan fingerprint density at radius 1 is 1.17 bits per heavy atom. The molecule has 2 aromatic rings. The normalized spacial score (nSPS) is 14.5. The van der Waals surface area contributed by atoms with Crippen molar-refractivity contribution >= 4 is 23.4 Å². The van der Waals surface area contributed by atoms with Gasteiger partial charge in [0, 0.05) is 12.1 Å². The molecule has 1 fully saturated rings. The number of nitrogens with one attached hydrogen (secondary N) is 1. The van der Waals surface area contributed by atoms with Crippen LogP contribution in [0.4, 0.5) is 11.6 Å². The smallest absolute Gasteiger partial charge is 0.189 e. The van der Waals surface area contributed by atoms with Crippen LogP contribution in [-0.2, 0) is 0 Å². The lowest BCUT2D eigenvalue weighted by Gasteiger charge is -2.05. The molecule has 1 saturated carbocycles. The van der Waals surface area contributed by atoms with Crippen LogP contribution in [0.5, 0.6) is 0 Å². The lowest BCUT2D eigenvalue weighted by atomic mass is 10.3. The summed E-state index contributed by atoms with van der Waals surface area (Å²) in [7, 11) is 0. The SMILES string of the molecule is CSc1nccc(Nc2cnc(C3CC3)cn2)n1. The van der Waals surface area contributed by atoms with Crippen molar-refractivity contribution in [2.24, 2.45) is 0 Å². The van der Waals surface area contributed by atoms with Gasteiger partial charge in [0.15, 0.2) is 5.16 Å². The molecular weight excluding hydrogens is 246 g/mol. The van der Waals surface area contributed by atoms with Crippen LogP contribution in [0.3, 0.4) is 0 Å². The van der Waals surface area contributed by atoms with E-state index in [9.17, 15) is 0 Å². The van der Waals surface area contributed by atoms with Gasteiger partial charge in [0.05, 0.1) is 18.1 Å². The minimum absolute atomic E-state index is 0.633. The zero-order valence-electron chi connectivity index (χ0n) is 10.00. The minimum atomic E-state index is 0.633. The second-order valence-electron chi connectivity index (χ2n) is 4.15. The number of aromatic nitrogens is 4. The van der Waals surface area contributed by atoms with Crippen molar-refractivity contribution in [3.63, 3.8) is 0 Å². The van der Waals surface area contributed by atoms with Gasteiger partial charge < -0.3 is 5.32 Å². The molecule has 1 N–H and O–H groups in total. The van der Waals surface area contributed by atoms with Crippen LogP contribution in [0.1, 0.15) is 24.5 Å². The van der Waals surface area contributed by atoms with E-state index in [4.69, 9.17) is 0 Å². The standard InChI is InChI=1S/C12H13N5S/c1-18-12-13-5-4-10(17-12)16-11-7-14-9(6-15-11)8-2-3-8/h4-8H,2-3H2,1H3,(H,13,15,16,17). The monoisotopic (exact) mass is 259 g/mol. The molecular formula is C12H13N5S. The number of hydrogen-bond acceptors (Lipinski definition) is 6. The summed E-state index contributed by atoms with van der Waals surface area (Å²) >= 11 is 1.51. The number of rotatable bonds is 4. The van der Waals surface area contributed by atoms with Crippen molar-refractivity contribution in [2.45, 2.75) is 23.9 Å². The number of anilines is 2. The van der Waals surface area contributed by atoms with Gasteiger partial charge in [0.1, 0.15) is 11.6 Å². The first kappa shape index (κ1) is 11.4. The van der Waals surface area contributed by atoms with Crippen molar-refractivity contribution in [2.75, 3.05) is 11.6 Å². The third-order valence-corrected chi connectivity index (χ3v) is 3.30. The van der Waals surface area contributed by atoms with Gasteiger partial charge >= 0.3 is 0 Å². The van der Waals surface area contributed by atoms with Crippen LogP contribution in [0.15, 0.2) is 29.8 Å². The number of thioether (sulfide) groups is 1. The lowest BCUT2D eigenvalue weighted by Crippen LogP contribution is -1.99. The average molecular weight is 259 g/mol. The van der Waals surface area contributed by atoms with Gasteiger partial charge in [-0.3, -0.25) is 4.98 Å². The Hall–Kier alpha value is -1.69. The van der Waals surface area contributed by atoms with Crippen molar-refractivity contribution in [1.82, 2.24) is 19.9 Å². The largest absolute Gasteiger partial charge is 0.324 e. The fourth-order valence-corrected chi connectivity index (χ4v) is 1.99. The lowest BCUT2D eigenvalue weighted by molar-refractivity contribution is 0.965. The Balaban J connectivity index is 1.74. The quantitative estimate of drug-likeness (QED) is 0.672. The third-order valence-electron chi connectivity index (χ3n) is 2.74. The molecule has 0 saturated heterocycles. The molecule has 0 unspecified atom stereocenters. The van der Waals surface area contributed by atoms with E-state index in [1.165, 1.54) is 24.6 Å². The third kappa shape index (κ3) is 2.59. The van der Waals surface area contributed by atoms with Crippen LogP contribution < -0.4 is 5.32 Å². The minimum Gasteiger partial charge on any atom is -0.324 e. The van der Waals surface area contributed by atoms with E-state index in [1.54, 1.807) is 12.4 Å². The summed E-state index contributed by atoms with van der Waals surface area (Å²) < 4.78 is 0. The Kier molecular flexibility index (Phi) is 3.10. The van der Waals surface area contributed by atoms with Gasteiger partial charge in [0.25, 0.3) is 0 Å². The van der Waals surface area contributed by atoms with Crippen molar-refractivity contribution < 1.29 is 0 Å². The molecule has 0 aliphatic heterocycles. The molecule has 2 aromatic heterocycles. The maximum atomic E-state index is 4.41. The molecule has 92 valence electrons. The molecule has 0 bridgehead atoms. The summed E-state index contributed by atoms with van der Waals surface area (Å²) in [6.07, 6.45) is 9.76. The zero-order valence-corrected chi connectivity index (χ0v) is 10.8. The highest BCUT2D eigenvalue weighted by Crippen LogP contribution is 2.38. The van der Waals surface area contributed by atoms with E-state index >= 15 is 0 Å². The van der Waals surface area contributed by atoms with Gasteiger partial charge in [-0.05, 0) is 25.2 Å². The second-order valence-corrected chi connectivity index (χ2v) is 4.93. The summed E-state index contributed by atoms with van der Waals surface area (Å²) in [6, 6.07) is 1.82. The van der Waals surface area contributed by atoms with E-state index in [-0.39, 0.29) is 0 Å². The van der Waals surface area contributed by atoms with Crippen LogP contribution in [-0.4, -0.2) is 26.2 Å². The fraction of sp³-hybridized carbons (Fsp3) is 0.333. The topological polar surface area (TPSA) is 63.6 Å². The van der Waals surface area contributed by atoms with Gasteiger partial charge in [-0.15, -0.1) is 0 Å². The average Bonchev–Trinajstić information content (AvgIpc) is 3.24. The summed E-state index contributed by atoms with van der Waals surface area (Å²) in [6.45, 7) is 0. The molecule has 0 atom stereocenters. The van der Waals surface area contributed by atoms with Crippen LogP contribution in [0.2, 0.25) is 0 Å². The highest BCUT2D eigenvalue weighted by Gasteiger charge is 2.24. The van der Waals surface area contributed by atoms with Crippen LogP contribution in [0, 0.1) is 0 Å². The van der Waals surface area contributed by atoms with Gasteiger partial charge in [0.2, 0.25) is 0 Å². The molecule has 3 rings (SSSR count). The zero-order chi connectivity index (χ0) is 12.4. The van der Waals surface area contributed by atoms with Gasteiger partial charge in [-0.1, -0.05) is 11.8 Å². The van der Waals surface area contributed by atoms with Crippen molar-refractivity contribution in [3.05, 3.63) is 30.4 Å². The molecule has 5 nitrogen and oxygen atoms in total. The molecule has 18 heavy (non-hydrogen) atoms. The molecule has 0 aromatic carbocycles. The van der Waals surface area contributed by atoms with Gasteiger partial charge in [-0.25, -0.2) is 15.0 Å². The van der Waals surface area contributed by atoms with E-state index < -0.39 is 0 Å². The Labute approximate surface area is 109 Å². The molecule has 0 radical (unpaired) electrons. The molecule has 6 heteroatoms. The Morgan fingerprint density at radius 2 is 2.06 bits per heavy atom. The highest BCUT2D eigenvalue weighted by molar-refractivity contribution is 7.98. The molecule has 0 amide bonds. The maximum absolute atomic E-state index is 4.41. The van der Waals surface area contributed by atoms with Crippen LogP contribution >= 0.6 is 11.8 Å². The predicted molar refractivity (Wildman–Crippen MR) is 71.1 cm³/mol. The number of nitrogens with zero attached hydrogens (tertiary/aromatic N) is 4. The first-order valence-corrected chi connectivity index (χ1v) is 7.03. The Bertz CT molecular complexity index is 538. The maximum Gasteiger partial charge on any atom is 0.189 e. The van der Waals surface area contributed by atoms with Gasteiger partial charge in [-0.2, -0.15) is 0 Å². The second kappa shape index (κ2) is 4.89. The first-order valence-electron chi connectivity index (χ1n) is 5.81. The van der Waals surface area contributed by atoms with Crippen LogP contribution in [0.25, 0.3) is 0 Å². The molecule has 2 heterocycles. The number of hydrogen-bond donors (Lipinski definition) is 1. The van der Waals surface area contributed by atoms with E-state index in [0.29, 0.717) is 11.7 Å². The molecule has 0 spiro atoms. The first-order chi connectivity index (χ1) is 8.85. The molecule has 1 aliphatic carbocycles. The van der Waals surface area contributed by atoms with Crippen molar-refractivity contribution in [3.8, 4) is 0 Å². The summed E-state index contributed by atoms with van der Waals surface area (Å²) in [4.78, 5) is 17.2. The summed E-state index contributed by atoms with van der Waals surface area (Å²) in [5.41, 5.74) is 1.09. The summed E-state index contributed by atoms with van der Waals surface area (Å²) in [5, 5.41) is 3.87.